The Morgan fingerprint density at radius 2 is 1.64 bits per heavy atom. The second-order valence-corrected chi connectivity index (χ2v) is 6.74. The molecule has 132 valence electrons. The first kappa shape index (κ1) is 17.6. The summed E-state index contributed by atoms with van der Waals surface area (Å²) >= 11 is 0. The highest BCUT2D eigenvalue weighted by Crippen LogP contribution is 2.36. The van der Waals surface area contributed by atoms with Gasteiger partial charge in [0.15, 0.2) is 0 Å². The van der Waals surface area contributed by atoms with Gasteiger partial charge < -0.3 is 18.8 Å². The molecule has 25 heavy (non-hydrogen) atoms. The van der Waals surface area contributed by atoms with Gasteiger partial charge in [0.25, 0.3) is 11.8 Å². The molecule has 0 radical (unpaired) electrons. The highest BCUT2D eigenvalue weighted by molar-refractivity contribution is 6.62. The minimum absolute atomic E-state index is 0.289. The van der Waals surface area contributed by atoms with E-state index in [-0.39, 0.29) is 5.88 Å². The van der Waals surface area contributed by atoms with E-state index >= 15 is 0 Å². The van der Waals surface area contributed by atoms with Crippen LogP contribution in [0.4, 0.5) is 0 Å². The lowest BCUT2D eigenvalue weighted by atomic mass is 9.80. The predicted octanol–water partition coefficient (Wildman–Crippen LogP) is 2.36. The van der Waals surface area contributed by atoms with E-state index in [0.29, 0.717) is 18.2 Å². The minimum atomic E-state index is -0.505. The van der Waals surface area contributed by atoms with Gasteiger partial charge in [0, 0.05) is 24.1 Å². The minimum Gasteiger partial charge on any atom is -0.474 e. The number of hydrogen-bond acceptors (Lipinski definition) is 7. The van der Waals surface area contributed by atoms with Crippen molar-refractivity contribution in [3.63, 3.8) is 0 Å². The van der Waals surface area contributed by atoms with Crippen LogP contribution in [0.2, 0.25) is 0 Å². The van der Waals surface area contributed by atoms with E-state index in [9.17, 15) is 0 Å². The fraction of sp³-hybridized carbons (Fsp3) is 0.471. The molecular weight excluding hydrogens is 321 g/mol. The van der Waals surface area contributed by atoms with Gasteiger partial charge in [0.1, 0.15) is 5.75 Å². The third-order valence-corrected chi connectivity index (χ3v) is 4.39. The molecule has 0 aromatic carbocycles. The summed E-state index contributed by atoms with van der Waals surface area (Å²) in [5.41, 5.74) is -0.0543. The van der Waals surface area contributed by atoms with Crippen LogP contribution in [-0.2, 0) is 9.31 Å². The van der Waals surface area contributed by atoms with Crippen molar-refractivity contribution in [2.24, 2.45) is 0 Å². The number of aromatic nitrogens is 3. The van der Waals surface area contributed by atoms with Crippen LogP contribution in [0, 0.1) is 0 Å². The smallest absolute Gasteiger partial charge is 0.474 e. The summed E-state index contributed by atoms with van der Waals surface area (Å²) in [5, 5.41) is 0. The molecule has 1 aliphatic heterocycles. The topological polar surface area (TPSA) is 75.6 Å². The summed E-state index contributed by atoms with van der Waals surface area (Å²) in [7, 11) is -0.505. The number of pyridine rings is 1. The standard InChI is InChI=1S/C17H22BN3O4/c1-6-22-14-15(21-8-7-20-14)23-13-9-12(10-19-11-13)18-24-16(2,3)17(4,5)25-18/h7-11H,6H2,1-5H3. The highest BCUT2D eigenvalue weighted by Gasteiger charge is 2.51. The van der Waals surface area contributed by atoms with Crippen LogP contribution in [0.3, 0.4) is 0 Å². The van der Waals surface area contributed by atoms with E-state index in [2.05, 4.69) is 15.0 Å². The van der Waals surface area contributed by atoms with Gasteiger partial charge in [0.2, 0.25) is 0 Å². The van der Waals surface area contributed by atoms with Gasteiger partial charge in [-0.25, -0.2) is 9.97 Å². The fourth-order valence-electron chi connectivity index (χ4n) is 2.33. The Hall–Kier alpha value is -2.19. The molecule has 7 nitrogen and oxygen atoms in total. The SMILES string of the molecule is CCOc1nccnc1Oc1cncc(B2OC(C)(C)C(C)(C)O2)c1. The second-order valence-electron chi connectivity index (χ2n) is 6.74. The molecule has 0 spiro atoms. The van der Waals surface area contributed by atoms with Gasteiger partial charge in [-0.1, -0.05) is 0 Å². The lowest BCUT2D eigenvalue weighted by Crippen LogP contribution is -2.41. The van der Waals surface area contributed by atoms with Crippen LogP contribution in [0.1, 0.15) is 34.6 Å². The third-order valence-electron chi connectivity index (χ3n) is 4.39. The molecule has 1 saturated heterocycles. The number of hydrogen-bond donors (Lipinski definition) is 0. The maximum atomic E-state index is 6.05. The second kappa shape index (κ2) is 6.61. The zero-order chi connectivity index (χ0) is 18.1. The Balaban J connectivity index is 1.82. The largest absolute Gasteiger partial charge is 0.496 e. The lowest BCUT2D eigenvalue weighted by Gasteiger charge is -2.32. The Morgan fingerprint density at radius 3 is 2.28 bits per heavy atom. The van der Waals surface area contributed by atoms with Crippen LogP contribution in [-0.4, -0.2) is 39.9 Å². The number of nitrogens with zero attached hydrogens (tertiary/aromatic N) is 3. The number of rotatable bonds is 5. The van der Waals surface area contributed by atoms with Crippen molar-refractivity contribution in [2.75, 3.05) is 6.61 Å². The van der Waals surface area contributed by atoms with Gasteiger partial charge in [-0.2, -0.15) is 0 Å². The van der Waals surface area contributed by atoms with Crippen molar-refractivity contribution >= 4 is 12.6 Å². The Bertz CT molecular complexity index is 738. The molecule has 1 aliphatic rings. The van der Waals surface area contributed by atoms with Crippen molar-refractivity contribution in [3.8, 4) is 17.5 Å². The molecule has 0 N–H and O–H groups in total. The van der Waals surface area contributed by atoms with E-state index < -0.39 is 18.3 Å². The molecule has 3 heterocycles. The molecule has 3 rings (SSSR count). The van der Waals surface area contributed by atoms with Crippen LogP contribution in [0.15, 0.2) is 30.9 Å². The molecule has 2 aromatic heterocycles. The van der Waals surface area contributed by atoms with Crippen molar-refractivity contribution < 1.29 is 18.8 Å². The molecule has 0 amide bonds. The van der Waals surface area contributed by atoms with Gasteiger partial charge in [-0.05, 0) is 40.7 Å². The van der Waals surface area contributed by atoms with Gasteiger partial charge in [0.05, 0.1) is 24.0 Å². The third kappa shape index (κ3) is 3.59. The van der Waals surface area contributed by atoms with E-state index in [1.165, 1.54) is 0 Å². The van der Waals surface area contributed by atoms with Crippen molar-refractivity contribution in [3.05, 3.63) is 30.9 Å². The molecule has 0 atom stereocenters. The molecule has 2 aromatic rings. The van der Waals surface area contributed by atoms with Gasteiger partial charge >= 0.3 is 7.12 Å². The summed E-state index contributed by atoms with van der Waals surface area (Å²) < 4.78 is 23.3. The Kier molecular flexibility index (Phi) is 4.66. The molecular formula is C17H22BN3O4. The van der Waals surface area contributed by atoms with E-state index in [1.807, 2.05) is 40.7 Å². The van der Waals surface area contributed by atoms with Crippen LogP contribution < -0.4 is 14.9 Å². The van der Waals surface area contributed by atoms with Crippen molar-refractivity contribution in [2.45, 2.75) is 45.8 Å². The molecule has 1 fully saturated rings. The average molecular weight is 343 g/mol. The first-order chi connectivity index (χ1) is 11.8. The quantitative estimate of drug-likeness (QED) is 0.772. The summed E-state index contributed by atoms with van der Waals surface area (Å²) in [6, 6.07) is 1.82. The fourth-order valence-corrected chi connectivity index (χ4v) is 2.33. The summed E-state index contributed by atoms with van der Waals surface area (Å²) in [6.07, 6.45) is 6.40. The molecule has 8 heteroatoms. The molecule has 0 saturated carbocycles. The van der Waals surface area contributed by atoms with Crippen LogP contribution in [0.5, 0.6) is 17.5 Å². The highest BCUT2D eigenvalue weighted by atomic mass is 16.7. The summed E-state index contributed by atoms with van der Waals surface area (Å²) in [5.74, 6) is 1.14. The normalized spacial score (nSPS) is 18.2. The maximum Gasteiger partial charge on any atom is 0.496 e. The monoisotopic (exact) mass is 343 g/mol. The van der Waals surface area contributed by atoms with E-state index in [0.717, 1.165) is 5.46 Å². The van der Waals surface area contributed by atoms with E-state index in [1.54, 1.807) is 24.8 Å². The Morgan fingerprint density at radius 1 is 1.00 bits per heavy atom. The Labute approximate surface area is 147 Å². The molecule has 0 aliphatic carbocycles. The maximum absolute atomic E-state index is 6.05. The summed E-state index contributed by atoms with van der Waals surface area (Å²) in [4.78, 5) is 12.5. The number of ether oxygens (including phenoxy) is 2. The van der Waals surface area contributed by atoms with Gasteiger partial charge in [-0.3, -0.25) is 4.98 Å². The predicted molar refractivity (Wildman–Crippen MR) is 93.2 cm³/mol. The molecule has 0 bridgehead atoms. The average Bonchev–Trinajstić information content (AvgIpc) is 2.78. The van der Waals surface area contributed by atoms with Crippen molar-refractivity contribution in [1.82, 2.24) is 15.0 Å². The van der Waals surface area contributed by atoms with Gasteiger partial charge in [-0.15, -0.1) is 0 Å². The zero-order valence-electron chi connectivity index (χ0n) is 15.1. The first-order valence-electron chi connectivity index (χ1n) is 8.24. The molecule has 0 unspecified atom stereocenters. The van der Waals surface area contributed by atoms with Crippen molar-refractivity contribution in [1.29, 1.82) is 0 Å². The summed E-state index contributed by atoms with van der Waals surface area (Å²) in [6.45, 7) is 10.4. The van der Waals surface area contributed by atoms with E-state index in [4.69, 9.17) is 18.8 Å². The van der Waals surface area contributed by atoms with Crippen LogP contribution in [0.25, 0.3) is 0 Å². The van der Waals surface area contributed by atoms with Crippen LogP contribution >= 0.6 is 0 Å². The zero-order valence-corrected chi connectivity index (χ0v) is 15.1. The first-order valence-corrected chi connectivity index (χ1v) is 8.24. The lowest BCUT2D eigenvalue weighted by molar-refractivity contribution is 0.00578.